The maximum absolute atomic E-state index is 3.09. The molecule has 2 aliphatic carbocycles. The average molecular weight is 453 g/mol. The summed E-state index contributed by atoms with van der Waals surface area (Å²) in [5, 5.41) is 0. The van der Waals surface area contributed by atoms with Crippen LogP contribution in [0.1, 0.15) is 40.5 Å². The molecule has 0 N–H and O–H groups in total. The quantitative estimate of drug-likeness (QED) is 0.553. The van der Waals surface area contributed by atoms with E-state index in [1.165, 1.54) is 24.0 Å². The molecule has 3 heteroatoms. The zero-order valence-electron chi connectivity index (χ0n) is 14.5. The number of allylic oxidation sites excluding steroid dienone is 8. The van der Waals surface area contributed by atoms with Gasteiger partial charge in [0, 0.05) is 0 Å². The molecule has 0 fully saturated rings. The summed E-state index contributed by atoms with van der Waals surface area (Å²) in [5.74, 6) is 0. The SMILES string of the molecule is CC[N](C)[Hf]([C]1=C(C)C=CC1)([C]1=C(C)C=CC1)[N](C)CC. The van der Waals surface area contributed by atoms with Gasteiger partial charge in [-0.15, -0.1) is 0 Å². The molecule has 0 atom stereocenters. The predicted octanol–water partition coefficient (Wildman–Crippen LogP) is 4.34. The number of hydrogen-bond acceptors (Lipinski definition) is 2. The summed E-state index contributed by atoms with van der Waals surface area (Å²) in [4.78, 5) is 0. The van der Waals surface area contributed by atoms with E-state index in [1.807, 2.05) is 0 Å². The second-order valence-corrected chi connectivity index (χ2v) is 20.9. The summed E-state index contributed by atoms with van der Waals surface area (Å²) in [6.07, 6.45) is 11.7. The Hall–Kier alpha value is -0.250. The van der Waals surface area contributed by atoms with E-state index in [-0.39, 0.29) is 0 Å². The minimum atomic E-state index is -3.09. The van der Waals surface area contributed by atoms with Crippen molar-refractivity contribution in [3.05, 3.63) is 42.1 Å². The van der Waals surface area contributed by atoms with Crippen molar-refractivity contribution in [3.63, 3.8) is 0 Å². The Bertz CT molecular complexity index is 477. The second-order valence-electron chi connectivity index (χ2n) is 6.24. The van der Waals surface area contributed by atoms with Gasteiger partial charge in [0.25, 0.3) is 0 Å². The van der Waals surface area contributed by atoms with E-state index in [9.17, 15) is 0 Å². The van der Waals surface area contributed by atoms with E-state index in [4.69, 9.17) is 0 Å². The van der Waals surface area contributed by atoms with Crippen LogP contribution in [-0.2, 0) is 20.5 Å². The number of hydrogen-bond donors (Lipinski definition) is 0. The summed E-state index contributed by atoms with van der Waals surface area (Å²) < 4.78 is 9.03. The molecule has 0 saturated carbocycles. The van der Waals surface area contributed by atoms with Crippen molar-refractivity contribution in [2.75, 3.05) is 27.2 Å². The van der Waals surface area contributed by atoms with Crippen LogP contribution in [0, 0.1) is 0 Å². The van der Waals surface area contributed by atoms with Gasteiger partial charge in [-0.2, -0.15) is 0 Å². The van der Waals surface area contributed by atoms with Gasteiger partial charge in [0.1, 0.15) is 0 Å². The normalized spacial score (nSPS) is 19.0. The van der Waals surface area contributed by atoms with Crippen molar-refractivity contribution >= 4 is 0 Å². The molecule has 0 heterocycles. The summed E-state index contributed by atoms with van der Waals surface area (Å²) in [5.41, 5.74) is 3.06. The molecule has 0 aliphatic heterocycles. The van der Waals surface area contributed by atoms with Crippen molar-refractivity contribution in [2.45, 2.75) is 40.5 Å². The van der Waals surface area contributed by atoms with Crippen LogP contribution in [0.2, 0.25) is 0 Å². The maximum atomic E-state index is 2.74. The molecule has 0 aromatic carbocycles. The Morgan fingerprint density at radius 1 is 0.857 bits per heavy atom. The van der Waals surface area contributed by atoms with Gasteiger partial charge in [0.15, 0.2) is 0 Å². The van der Waals surface area contributed by atoms with Gasteiger partial charge in [0.05, 0.1) is 0 Å². The predicted molar refractivity (Wildman–Crippen MR) is 89.5 cm³/mol. The zero-order valence-corrected chi connectivity index (χ0v) is 18.1. The van der Waals surface area contributed by atoms with Gasteiger partial charge in [-0.3, -0.25) is 0 Å². The molecule has 0 amide bonds. The number of nitrogens with zero attached hydrogens (tertiary/aromatic N) is 2. The first-order valence-corrected chi connectivity index (χ1v) is 15.0. The summed E-state index contributed by atoms with van der Waals surface area (Å²) in [6.45, 7) is 11.5. The molecule has 116 valence electrons. The Labute approximate surface area is 136 Å². The molecule has 0 unspecified atom stereocenters. The van der Waals surface area contributed by atoms with E-state index in [0.717, 1.165) is 13.1 Å². The molecule has 0 saturated heterocycles. The van der Waals surface area contributed by atoms with E-state index >= 15 is 0 Å². The fraction of sp³-hybridized carbons (Fsp3) is 0.556. The molecule has 2 rings (SSSR count). The Kier molecular flexibility index (Phi) is 5.61. The molecule has 0 radical (unpaired) electrons. The summed E-state index contributed by atoms with van der Waals surface area (Å²) >= 11 is -3.09. The Morgan fingerprint density at radius 2 is 1.24 bits per heavy atom. The van der Waals surface area contributed by atoms with E-state index in [1.54, 1.807) is 6.66 Å². The monoisotopic (exact) mass is 454 g/mol. The van der Waals surface area contributed by atoms with E-state index in [2.05, 4.69) is 71.9 Å². The molecule has 0 bridgehead atoms. The van der Waals surface area contributed by atoms with E-state index in [0.29, 0.717) is 0 Å². The molecule has 0 aromatic heterocycles. The standard InChI is InChI=1S/2C6H7.2C3H8N.Hf/c2*1-6-4-2-3-5-6;2*1-3-4-2;/h2*2,4H,3H2,1H3;2*3H2,1-2H3;/q;;2*-1;+2. The van der Waals surface area contributed by atoms with Crippen LogP contribution in [0.5, 0.6) is 0 Å². The van der Waals surface area contributed by atoms with Crippen LogP contribution in [-0.4, -0.2) is 33.0 Å². The van der Waals surface area contributed by atoms with Crippen LogP contribution < -0.4 is 0 Å². The fourth-order valence-corrected chi connectivity index (χ4v) is 24.7. The topological polar surface area (TPSA) is 6.48 Å². The molecular formula is C18H30HfN2. The van der Waals surface area contributed by atoms with Gasteiger partial charge >= 0.3 is 136 Å². The van der Waals surface area contributed by atoms with Gasteiger partial charge < -0.3 is 0 Å². The van der Waals surface area contributed by atoms with Crippen molar-refractivity contribution in [3.8, 4) is 0 Å². The van der Waals surface area contributed by atoms with Gasteiger partial charge in [0.2, 0.25) is 0 Å². The van der Waals surface area contributed by atoms with Crippen molar-refractivity contribution in [1.29, 1.82) is 0 Å². The summed E-state index contributed by atoms with van der Waals surface area (Å²) in [6, 6.07) is 0. The first-order valence-electron chi connectivity index (χ1n) is 8.16. The minimum absolute atomic E-state index is 1.14. The number of rotatable bonds is 6. The Morgan fingerprint density at radius 3 is 1.48 bits per heavy atom. The van der Waals surface area contributed by atoms with Gasteiger partial charge in [-0.25, -0.2) is 0 Å². The van der Waals surface area contributed by atoms with Gasteiger partial charge in [-0.1, -0.05) is 0 Å². The third-order valence-corrected chi connectivity index (χ3v) is 25.8. The van der Waals surface area contributed by atoms with Crippen LogP contribution in [0.25, 0.3) is 0 Å². The van der Waals surface area contributed by atoms with Crippen molar-refractivity contribution in [2.24, 2.45) is 0 Å². The average Bonchev–Trinajstić information content (AvgIpc) is 3.09. The third-order valence-electron chi connectivity index (χ3n) is 5.23. The van der Waals surface area contributed by atoms with Crippen molar-refractivity contribution < 1.29 is 20.5 Å². The van der Waals surface area contributed by atoms with Crippen LogP contribution >= 0.6 is 0 Å². The molecule has 21 heavy (non-hydrogen) atoms. The first-order chi connectivity index (χ1) is 9.99. The first kappa shape index (κ1) is 17.1. The summed E-state index contributed by atoms with van der Waals surface area (Å²) in [7, 11) is 4.73. The van der Waals surface area contributed by atoms with Crippen LogP contribution in [0.4, 0.5) is 0 Å². The van der Waals surface area contributed by atoms with Crippen LogP contribution in [0.3, 0.4) is 0 Å². The molecular weight excluding hydrogens is 423 g/mol. The van der Waals surface area contributed by atoms with E-state index < -0.39 is 20.5 Å². The van der Waals surface area contributed by atoms with Gasteiger partial charge in [-0.05, 0) is 0 Å². The molecule has 2 aliphatic rings. The molecule has 0 aromatic rings. The second kappa shape index (κ2) is 6.89. The van der Waals surface area contributed by atoms with Crippen molar-refractivity contribution in [1.82, 2.24) is 5.78 Å². The molecule has 0 spiro atoms. The molecule has 2 nitrogen and oxygen atoms in total. The third kappa shape index (κ3) is 2.73. The zero-order chi connectivity index (χ0) is 15.6. The Balaban J connectivity index is 2.67. The van der Waals surface area contributed by atoms with Crippen LogP contribution in [0.15, 0.2) is 42.1 Å². The fourth-order valence-electron chi connectivity index (χ4n) is 3.92.